The summed E-state index contributed by atoms with van der Waals surface area (Å²) in [5, 5.41) is 3.04. The number of carbonyl (C=O) groups is 2. The van der Waals surface area contributed by atoms with Crippen molar-refractivity contribution in [2.45, 2.75) is 32.2 Å². The lowest BCUT2D eigenvalue weighted by Gasteiger charge is -2.33. The average Bonchev–Trinajstić information content (AvgIpc) is 2.67. The van der Waals surface area contributed by atoms with Crippen LogP contribution in [0.5, 0.6) is 11.5 Å². The van der Waals surface area contributed by atoms with Crippen molar-refractivity contribution in [3.63, 3.8) is 0 Å². The van der Waals surface area contributed by atoms with Crippen molar-refractivity contribution in [2.24, 2.45) is 5.92 Å². The molecule has 3 rings (SSSR count). The van der Waals surface area contributed by atoms with Gasteiger partial charge in [0, 0.05) is 13.1 Å². The van der Waals surface area contributed by atoms with Gasteiger partial charge in [-0.05, 0) is 49.9 Å². The van der Waals surface area contributed by atoms with Crippen molar-refractivity contribution < 1.29 is 23.8 Å². The Labute approximate surface area is 153 Å². The number of rotatable bonds is 4. The van der Waals surface area contributed by atoms with Crippen LogP contribution in [-0.2, 0) is 16.0 Å². The van der Waals surface area contributed by atoms with E-state index in [0.29, 0.717) is 45.6 Å². The summed E-state index contributed by atoms with van der Waals surface area (Å²) in [5.74, 6) is 1.36. The minimum Gasteiger partial charge on any atom is -0.497 e. The Balaban J connectivity index is 1.50. The van der Waals surface area contributed by atoms with Crippen molar-refractivity contribution in [1.29, 1.82) is 0 Å². The second-order valence-corrected chi connectivity index (χ2v) is 6.65. The summed E-state index contributed by atoms with van der Waals surface area (Å²) in [4.78, 5) is 26.1. The van der Waals surface area contributed by atoms with Gasteiger partial charge in [0.1, 0.15) is 18.1 Å². The number of ether oxygens (including phenoxy) is 3. The van der Waals surface area contributed by atoms with Gasteiger partial charge < -0.3 is 24.4 Å². The highest BCUT2D eigenvalue weighted by Crippen LogP contribution is 2.28. The van der Waals surface area contributed by atoms with Crippen LogP contribution >= 0.6 is 0 Å². The highest BCUT2D eigenvalue weighted by atomic mass is 16.5. The Morgan fingerprint density at radius 3 is 2.77 bits per heavy atom. The third-order valence-corrected chi connectivity index (χ3v) is 4.90. The predicted molar refractivity (Wildman–Crippen MR) is 95.4 cm³/mol. The van der Waals surface area contributed by atoms with Gasteiger partial charge in [0.15, 0.2) is 0 Å². The van der Waals surface area contributed by atoms with E-state index in [1.54, 1.807) is 18.9 Å². The molecule has 26 heavy (non-hydrogen) atoms. The minimum atomic E-state index is -0.154. The monoisotopic (exact) mass is 362 g/mol. The molecule has 1 aromatic carbocycles. The van der Waals surface area contributed by atoms with Gasteiger partial charge >= 0.3 is 12.0 Å². The summed E-state index contributed by atoms with van der Waals surface area (Å²) in [7, 11) is 1.63. The summed E-state index contributed by atoms with van der Waals surface area (Å²) < 4.78 is 16.1. The topological polar surface area (TPSA) is 77.1 Å². The van der Waals surface area contributed by atoms with Crippen LogP contribution in [0.25, 0.3) is 0 Å². The molecule has 7 heteroatoms. The molecule has 2 amide bonds. The molecule has 1 fully saturated rings. The number of piperidine rings is 1. The summed E-state index contributed by atoms with van der Waals surface area (Å²) in [5.41, 5.74) is 1.03. The van der Waals surface area contributed by atoms with E-state index in [0.717, 1.165) is 17.1 Å². The summed E-state index contributed by atoms with van der Waals surface area (Å²) >= 11 is 0. The van der Waals surface area contributed by atoms with E-state index in [1.807, 2.05) is 18.2 Å². The van der Waals surface area contributed by atoms with Crippen LogP contribution in [0, 0.1) is 5.92 Å². The number of methoxy groups -OCH3 is 1. The number of urea groups is 1. The van der Waals surface area contributed by atoms with Crippen LogP contribution in [-0.4, -0.2) is 56.4 Å². The third-order valence-electron chi connectivity index (χ3n) is 4.90. The number of amides is 2. The van der Waals surface area contributed by atoms with Gasteiger partial charge in [-0.1, -0.05) is 0 Å². The fourth-order valence-electron chi connectivity index (χ4n) is 3.43. The molecule has 1 atom stereocenters. The van der Waals surface area contributed by atoms with Gasteiger partial charge in [-0.2, -0.15) is 0 Å². The number of hydrogen-bond acceptors (Lipinski definition) is 5. The molecule has 0 bridgehead atoms. The van der Waals surface area contributed by atoms with E-state index >= 15 is 0 Å². The zero-order chi connectivity index (χ0) is 18.5. The molecule has 142 valence electrons. The maximum atomic E-state index is 12.5. The molecular formula is C19H26N2O5. The lowest BCUT2D eigenvalue weighted by molar-refractivity contribution is -0.149. The van der Waals surface area contributed by atoms with E-state index in [9.17, 15) is 9.59 Å². The molecule has 1 saturated heterocycles. The molecule has 7 nitrogen and oxygen atoms in total. The number of benzene rings is 1. The third kappa shape index (κ3) is 4.20. The summed E-state index contributed by atoms with van der Waals surface area (Å²) in [6.45, 7) is 3.78. The number of fused-ring (bicyclic) bond motifs is 1. The Kier molecular flexibility index (Phi) is 5.85. The van der Waals surface area contributed by atoms with Crippen molar-refractivity contribution in [1.82, 2.24) is 10.2 Å². The van der Waals surface area contributed by atoms with Gasteiger partial charge in [-0.25, -0.2) is 4.79 Å². The predicted octanol–water partition coefficient (Wildman–Crippen LogP) is 1.98. The fraction of sp³-hybridized carbons (Fsp3) is 0.579. The quantitative estimate of drug-likeness (QED) is 0.829. The Hall–Kier alpha value is -2.44. The molecule has 1 N–H and O–H groups in total. The molecule has 0 aliphatic carbocycles. The summed E-state index contributed by atoms with van der Waals surface area (Å²) in [6, 6.07) is 5.52. The van der Waals surface area contributed by atoms with Crippen molar-refractivity contribution in [3.8, 4) is 11.5 Å². The van der Waals surface area contributed by atoms with Crippen molar-refractivity contribution in [3.05, 3.63) is 23.8 Å². The number of esters is 1. The summed E-state index contributed by atoms with van der Waals surface area (Å²) in [6.07, 6.45) is 2.00. The SMILES string of the molecule is CCOC(=O)C1CCN(C(=O)NC2COc3ccc(OC)cc3C2)CC1. The molecule has 0 saturated carbocycles. The van der Waals surface area contributed by atoms with E-state index in [1.165, 1.54) is 0 Å². The molecule has 1 unspecified atom stereocenters. The van der Waals surface area contributed by atoms with Crippen molar-refractivity contribution >= 4 is 12.0 Å². The molecule has 2 heterocycles. The van der Waals surface area contributed by atoms with E-state index in [2.05, 4.69) is 5.32 Å². The number of carbonyl (C=O) groups excluding carboxylic acids is 2. The average molecular weight is 362 g/mol. The molecule has 2 aliphatic rings. The van der Waals surface area contributed by atoms with Crippen molar-refractivity contribution in [2.75, 3.05) is 33.4 Å². The van der Waals surface area contributed by atoms with Crippen LogP contribution < -0.4 is 14.8 Å². The van der Waals surface area contributed by atoms with E-state index in [4.69, 9.17) is 14.2 Å². The minimum absolute atomic E-state index is 0.0788. The maximum absolute atomic E-state index is 12.5. The Bertz CT molecular complexity index is 655. The fourth-order valence-corrected chi connectivity index (χ4v) is 3.43. The smallest absolute Gasteiger partial charge is 0.317 e. The highest BCUT2D eigenvalue weighted by Gasteiger charge is 2.30. The molecule has 1 aromatic rings. The zero-order valence-electron chi connectivity index (χ0n) is 15.3. The van der Waals surface area contributed by atoms with Crippen LogP contribution in [0.15, 0.2) is 18.2 Å². The van der Waals surface area contributed by atoms with Gasteiger partial charge in [0.05, 0.1) is 25.7 Å². The van der Waals surface area contributed by atoms with E-state index < -0.39 is 0 Å². The molecule has 0 aromatic heterocycles. The standard InChI is InChI=1S/C19H26N2O5/c1-3-25-18(22)13-6-8-21(9-7-13)19(23)20-15-10-14-11-16(24-2)4-5-17(14)26-12-15/h4-5,11,13,15H,3,6-10,12H2,1-2H3,(H,20,23). The van der Waals surface area contributed by atoms with Crippen LogP contribution in [0.3, 0.4) is 0 Å². The molecular weight excluding hydrogens is 336 g/mol. The maximum Gasteiger partial charge on any atom is 0.317 e. The Morgan fingerprint density at radius 1 is 1.31 bits per heavy atom. The lowest BCUT2D eigenvalue weighted by Crippen LogP contribution is -2.51. The van der Waals surface area contributed by atoms with Crippen LogP contribution in [0.4, 0.5) is 4.79 Å². The van der Waals surface area contributed by atoms with Gasteiger partial charge in [0.25, 0.3) is 0 Å². The normalized spacial score (nSPS) is 19.9. The first-order valence-corrected chi connectivity index (χ1v) is 9.12. The first-order valence-electron chi connectivity index (χ1n) is 9.12. The highest BCUT2D eigenvalue weighted by molar-refractivity contribution is 5.76. The lowest BCUT2D eigenvalue weighted by atomic mass is 9.97. The molecule has 2 aliphatic heterocycles. The van der Waals surface area contributed by atoms with Gasteiger partial charge in [-0.15, -0.1) is 0 Å². The second-order valence-electron chi connectivity index (χ2n) is 6.65. The van der Waals surface area contributed by atoms with Gasteiger partial charge in [-0.3, -0.25) is 4.79 Å². The molecule has 0 spiro atoms. The van der Waals surface area contributed by atoms with Gasteiger partial charge in [0.2, 0.25) is 0 Å². The number of likely N-dealkylation sites (tertiary alicyclic amines) is 1. The molecule has 0 radical (unpaired) electrons. The van der Waals surface area contributed by atoms with Crippen LogP contribution in [0.1, 0.15) is 25.3 Å². The zero-order valence-corrected chi connectivity index (χ0v) is 15.3. The second kappa shape index (κ2) is 8.29. The number of nitrogens with one attached hydrogen (secondary N) is 1. The van der Waals surface area contributed by atoms with E-state index in [-0.39, 0.29) is 24.0 Å². The number of nitrogens with zero attached hydrogens (tertiary/aromatic N) is 1. The van der Waals surface area contributed by atoms with Crippen LogP contribution in [0.2, 0.25) is 0 Å². The number of hydrogen-bond donors (Lipinski definition) is 1. The Morgan fingerprint density at radius 2 is 2.08 bits per heavy atom. The first-order chi connectivity index (χ1) is 12.6. The first kappa shape index (κ1) is 18.4. The largest absolute Gasteiger partial charge is 0.497 e.